The molecule has 148 valence electrons. The molecule has 5 nitrogen and oxygen atoms in total. The van der Waals surface area contributed by atoms with Crippen molar-refractivity contribution >= 4 is 13.1 Å². The molecule has 0 radical (unpaired) electrons. The normalized spacial score (nSPS) is 35.4. The van der Waals surface area contributed by atoms with Gasteiger partial charge in [-0.1, -0.05) is 13.5 Å². The lowest BCUT2D eigenvalue weighted by Crippen LogP contribution is -2.45. The predicted octanol–water partition coefficient (Wildman–Crippen LogP) is 4.37. The van der Waals surface area contributed by atoms with Crippen LogP contribution < -0.4 is 0 Å². The van der Waals surface area contributed by atoms with E-state index in [0.29, 0.717) is 25.4 Å². The number of carbonyl (C=O) groups is 1. The van der Waals surface area contributed by atoms with Gasteiger partial charge in [-0.25, -0.2) is 0 Å². The number of allylic oxidation sites excluding steroid dienone is 1. The van der Waals surface area contributed by atoms with Gasteiger partial charge < -0.3 is 18.8 Å². The summed E-state index contributed by atoms with van der Waals surface area (Å²) in [4.78, 5) is 12.9. The Morgan fingerprint density at radius 1 is 0.962 bits per heavy atom. The van der Waals surface area contributed by atoms with Crippen LogP contribution >= 0.6 is 0 Å². The Labute approximate surface area is 158 Å². The lowest BCUT2D eigenvalue weighted by molar-refractivity contribution is -0.154. The smallest absolute Gasteiger partial charge is 0.463 e. The molecule has 2 fully saturated rings. The van der Waals surface area contributed by atoms with E-state index in [9.17, 15) is 4.79 Å². The molecule has 1 aliphatic carbocycles. The van der Waals surface area contributed by atoms with E-state index >= 15 is 0 Å². The number of ether oxygens (including phenoxy) is 2. The third-order valence-corrected chi connectivity index (χ3v) is 6.78. The first-order valence-electron chi connectivity index (χ1n) is 9.70. The van der Waals surface area contributed by atoms with Gasteiger partial charge in [0.1, 0.15) is 0 Å². The highest BCUT2D eigenvalue weighted by Crippen LogP contribution is 2.64. The Morgan fingerprint density at radius 3 is 1.88 bits per heavy atom. The number of hydrogen-bond acceptors (Lipinski definition) is 5. The fourth-order valence-electron chi connectivity index (χ4n) is 4.34. The second kappa shape index (κ2) is 6.86. The number of rotatable bonds is 6. The summed E-state index contributed by atoms with van der Waals surface area (Å²) in [7, 11) is -0.529. The summed E-state index contributed by atoms with van der Waals surface area (Å²) < 4.78 is 24.0. The molecule has 3 unspecified atom stereocenters. The third kappa shape index (κ3) is 3.20. The van der Waals surface area contributed by atoms with E-state index in [2.05, 4.69) is 13.5 Å². The molecule has 1 heterocycles. The molecule has 0 bridgehead atoms. The van der Waals surface area contributed by atoms with E-state index < -0.39 is 29.2 Å². The highest BCUT2D eigenvalue weighted by atomic mass is 16.7. The minimum Gasteiger partial charge on any atom is -0.498 e. The van der Waals surface area contributed by atoms with Crippen LogP contribution in [0.3, 0.4) is 0 Å². The molecule has 0 amide bonds. The van der Waals surface area contributed by atoms with E-state index in [1.165, 1.54) is 0 Å². The van der Waals surface area contributed by atoms with Crippen LogP contribution in [0.15, 0.2) is 12.3 Å². The molecule has 0 N–H and O–H groups in total. The fraction of sp³-hybridized carbons (Fsp3) is 0.850. The number of carbonyl (C=O) groups excluding carboxylic acids is 1. The quantitative estimate of drug-likeness (QED) is 0.397. The van der Waals surface area contributed by atoms with Gasteiger partial charge in [-0.15, -0.1) is 0 Å². The summed E-state index contributed by atoms with van der Waals surface area (Å²) in [6.07, 6.45) is 1.46. The summed E-state index contributed by atoms with van der Waals surface area (Å²) in [5, 5.41) is 0. The highest BCUT2D eigenvalue weighted by Gasteiger charge is 2.68. The lowest BCUT2D eigenvalue weighted by Gasteiger charge is -2.39. The second-order valence-corrected chi connectivity index (χ2v) is 9.01. The van der Waals surface area contributed by atoms with Gasteiger partial charge in [-0.2, -0.15) is 0 Å². The summed E-state index contributed by atoms with van der Waals surface area (Å²) in [5.41, 5.74) is -2.09. The van der Waals surface area contributed by atoms with Gasteiger partial charge in [0.15, 0.2) is 0 Å². The van der Waals surface area contributed by atoms with Crippen molar-refractivity contribution in [1.29, 1.82) is 0 Å². The SMILES string of the molecule is C=C(OCC)C1(C)CCC(C)(C(=O)OCC)C1B1OC(C)(C)C(C)(C)O1. The van der Waals surface area contributed by atoms with Gasteiger partial charge in [-0.3, -0.25) is 4.79 Å². The summed E-state index contributed by atoms with van der Waals surface area (Å²) in [6, 6.07) is 0. The molecular weight excluding hydrogens is 331 g/mol. The first-order chi connectivity index (χ1) is 11.9. The topological polar surface area (TPSA) is 54.0 Å². The monoisotopic (exact) mass is 366 g/mol. The largest absolute Gasteiger partial charge is 0.498 e. The van der Waals surface area contributed by atoms with Crippen molar-refractivity contribution in [2.45, 2.75) is 85.3 Å². The first kappa shape index (κ1) is 21.3. The Balaban J connectivity index is 2.48. The van der Waals surface area contributed by atoms with Crippen molar-refractivity contribution < 1.29 is 23.6 Å². The number of hydrogen-bond donors (Lipinski definition) is 0. The Bertz CT molecular complexity index is 525. The van der Waals surface area contributed by atoms with E-state index in [1.54, 1.807) is 0 Å². The standard InChI is InChI=1S/C20H35BO5/c1-10-23-14(3)19(8)12-13-20(9,16(22)24-11-2)15(19)21-25-17(4,5)18(6,7)26-21/h15H,3,10-13H2,1-2,4-9H3. The average Bonchev–Trinajstić information content (AvgIpc) is 2.91. The van der Waals surface area contributed by atoms with Crippen LogP contribution in [0, 0.1) is 10.8 Å². The zero-order valence-electron chi connectivity index (χ0n) is 17.7. The molecule has 26 heavy (non-hydrogen) atoms. The minimum atomic E-state index is -0.716. The Kier molecular flexibility index (Phi) is 5.62. The van der Waals surface area contributed by atoms with Gasteiger partial charge >= 0.3 is 13.1 Å². The van der Waals surface area contributed by atoms with Crippen LogP contribution in [-0.4, -0.2) is 37.5 Å². The molecule has 0 aromatic carbocycles. The van der Waals surface area contributed by atoms with Crippen molar-refractivity contribution in [3.05, 3.63) is 12.3 Å². The van der Waals surface area contributed by atoms with Crippen LogP contribution in [0.25, 0.3) is 0 Å². The maximum atomic E-state index is 12.9. The molecule has 6 heteroatoms. The minimum absolute atomic E-state index is 0.201. The van der Waals surface area contributed by atoms with Gasteiger partial charge in [0.05, 0.1) is 35.6 Å². The van der Waals surface area contributed by atoms with Crippen LogP contribution in [0.4, 0.5) is 0 Å². The second-order valence-electron chi connectivity index (χ2n) is 9.01. The lowest BCUT2D eigenvalue weighted by atomic mass is 9.51. The summed E-state index contributed by atoms with van der Waals surface area (Å²) >= 11 is 0. The first-order valence-corrected chi connectivity index (χ1v) is 9.70. The molecule has 3 atom stereocenters. The molecule has 2 rings (SSSR count). The van der Waals surface area contributed by atoms with Crippen LogP contribution in [0.1, 0.15) is 68.2 Å². The maximum absolute atomic E-state index is 12.9. The molecule has 1 aliphatic heterocycles. The van der Waals surface area contributed by atoms with Crippen LogP contribution in [0.5, 0.6) is 0 Å². The molecule has 1 saturated heterocycles. The van der Waals surface area contributed by atoms with E-state index in [4.69, 9.17) is 18.8 Å². The zero-order valence-corrected chi connectivity index (χ0v) is 17.7. The van der Waals surface area contributed by atoms with Gasteiger partial charge in [-0.05, 0) is 61.3 Å². The molecule has 1 saturated carbocycles. The van der Waals surface area contributed by atoms with Crippen molar-refractivity contribution in [3.63, 3.8) is 0 Å². The summed E-state index contributed by atoms with van der Waals surface area (Å²) in [5.74, 6) is 0.245. The van der Waals surface area contributed by atoms with E-state index in [0.717, 1.165) is 6.42 Å². The van der Waals surface area contributed by atoms with Gasteiger partial charge in [0.2, 0.25) is 0 Å². The van der Waals surface area contributed by atoms with Gasteiger partial charge in [0.25, 0.3) is 0 Å². The van der Waals surface area contributed by atoms with Crippen molar-refractivity contribution in [1.82, 2.24) is 0 Å². The van der Waals surface area contributed by atoms with Crippen LogP contribution in [0.2, 0.25) is 5.82 Å². The zero-order chi connectivity index (χ0) is 20.0. The van der Waals surface area contributed by atoms with Crippen molar-refractivity contribution in [2.24, 2.45) is 10.8 Å². The van der Waals surface area contributed by atoms with Gasteiger partial charge in [0, 0.05) is 11.2 Å². The fourth-order valence-corrected chi connectivity index (χ4v) is 4.34. The molecule has 2 aliphatic rings. The molecule has 0 aromatic heterocycles. The van der Waals surface area contributed by atoms with Crippen molar-refractivity contribution in [2.75, 3.05) is 13.2 Å². The van der Waals surface area contributed by atoms with Crippen molar-refractivity contribution in [3.8, 4) is 0 Å². The molecule has 0 spiro atoms. The maximum Gasteiger partial charge on any atom is 0.463 e. The third-order valence-electron chi connectivity index (χ3n) is 6.78. The van der Waals surface area contributed by atoms with Crippen LogP contribution in [-0.2, 0) is 23.6 Å². The molecule has 0 aromatic rings. The Hall–Kier alpha value is -1.01. The van der Waals surface area contributed by atoms with E-state index in [-0.39, 0.29) is 11.8 Å². The average molecular weight is 366 g/mol. The number of esters is 1. The predicted molar refractivity (Wildman–Crippen MR) is 103 cm³/mol. The Morgan fingerprint density at radius 2 is 1.42 bits per heavy atom. The summed E-state index contributed by atoms with van der Waals surface area (Å²) in [6.45, 7) is 21.0. The highest BCUT2D eigenvalue weighted by molar-refractivity contribution is 6.48. The van der Waals surface area contributed by atoms with E-state index in [1.807, 2.05) is 48.5 Å². The molecular formula is C20H35BO5.